The molecule has 1 saturated heterocycles. The lowest BCUT2D eigenvalue weighted by molar-refractivity contribution is -0.0700. The van der Waals surface area contributed by atoms with Gasteiger partial charge in [-0.25, -0.2) is 9.97 Å². The number of hydrogen-bond acceptors (Lipinski definition) is 9. The molecule has 48 heavy (non-hydrogen) atoms. The average molecular weight is 674 g/mol. The zero-order valence-electron chi connectivity index (χ0n) is 27.6. The Morgan fingerprint density at radius 3 is 2.27 bits per heavy atom. The predicted molar refractivity (Wildman–Crippen MR) is 181 cm³/mol. The Kier molecular flexibility index (Phi) is 8.81. The summed E-state index contributed by atoms with van der Waals surface area (Å²) in [5, 5.41) is 16.1. The lowest BCUT2D eigenvalue weighted by Crippen LogP contribution is -2.50. The van der Waals surface area contributed by atoms with E-state index in [9.17, 15) is 14.7 Å². The van der Waals surface area contributed by atoms with Crippen molar-refractivity contribution in [1.29, 1.82) is 0 Å². The summed E-state index contributed by atoms with van der Waals surface area (Å²) in [6, 6.07) is 7.61. The molecular weight excluding hydrogens is 634 g/mol. The van der Waals surface area contributed by atoms with E-state index in [0.29, 0.717) is 60.0 Å². The number of ether oxygens (including phenoxy) is 1. The minimum atomic E-state index is -0.432. The Hall–Kier alpha value is -4.14. The van der Waals surface area contributed by atoms with Crippen molar-refractivity contribution in [2.75, 3.05) is 43.5 Å². The summed E-state index contributed by atoms with van der Waals surface area (Å²) in [7, 11) is 3.73. The highest BCUT2D eigenvalue weighted by Crippen LogP contribution is 2.36. The number of hydrogen-bond donors (Lipinski definition) is 3. The number of β-amino-alcohol motifs (C(OH)–C–C–N with tert-alkyl or cyclic N) is 1. The molecule has 1 unspecified atom stereocenters. The van der Waals surface area contributed by atoms with Gasteiger partial charge in [0.05, 0.1) is 53.2 Å². The molecule has 1 fully saturated rings. The maximum absolute atomic E-state index is 13.5. The number of aliphatic hydroxyl groups is 1. The normalized spacial score (nSPS) is 17.4. The van der Waals surface area contributed by atoms with E-state index in [1.807, 2.05) is 48.4 Å². The fraction of sp³-hybridized carbons (Fsp3) is 0.441. The largest absolute Gasteiger partial charge is 0.392 e. The van der Waals surface area contributed by atoms with Gasteiger partial charge in [0.2, 0.25) is 0 Å². The summed E-state index contributed by atoms with van der Waals surface area (Å²) in [6.07, 6.45) is 2.74. The molecule has 7 rings (SSSR count). The summed E-state index contributed by atoms with van der Waals surface area (Å²) >= 11 is 6.90. The first kappa shape index (κ1) is 32.4. The highest BCUT2D eigenvalue weighted by molar-refractivity contribution is 6.36. The van der Waals surface area contributed by atoms with Gasteiger partial charge in [-0.3, -0.25) is 24.4 Å². The SMILES string of the molecule is Cc1c(NC(=O)c2nc3c(n2C)CCN(CC(C)O)C3)cccc1-c1nccc(NC(=O)c2nc3c(n2C)CCN(C2COC2)C3)c1Cl. The minimum absolute atomic E-state index is 0.283. The van der Waals surface area contributed by atoms with Gasteiger partial charge >= 0.3 is 0 Å². The van der Waals surface area contributed by atoms with Crippen molar-refractivity contribution in [3.05, 3.63) is 75.5 Å². The Morgan fingerprint density at radius 2 is 1.62 bits per heavy atom. The van der Waals surface area contributed by atoms with Crippen LogP contribution in [0.25, 0.3) is 11.3 Å². The summed E-state index contributed by atoms with van der Waals surface area (Å²) in [5.41, 5.74) is 6.84. The molecule has 2 amide bonds. The molecule has 1 atom stereocenters. The van der Waals surface area contributed by atoms with Crippen molar-refractivity contribution in [2.24, 2.45) is 14.1 Å². The van der Waals surface area contributed by atoms with E-state index in [-0.39, 0.29) is 16.8 Å². The van der Waals surface area contributed by atoms with Gasteiger partial charge in [-0.2, -0.15) is 0 Å². The highest BCUT2D eigenvalue weighted by Gasteiger charge is 2.32. The third-order valence-electron chi connectivity index (χ3n) is 9.66. The molecule has 3 aliphatic heterocycles. The van der Waals surface area contributed by atoms with E-state index < -0.39 is 6.10 Å². The average Bonchev–Trinajstić information content (AvgIpc) is 3.54. The number of carbonyl (C=O) groups is 2. The first-order chi connectivity index (χ1) is 23.1. The van der Waals surface area contributed by atoms with Crippen molar-refractivity contribution >= 4 is 34.8 Å². The lowest BCUT2D eigenvalue weighted by Gasteiger charge is -2.39. The van der Waals surface area contributed by atoms with Crippen molar-refractivity contribution < 1.29 is 19.4 Å². The van der Waals surface area contributed by atoms with Crippen LogP contribution in [-0.2, 0) is 44.8 Å². The number of nitrogens with one attached hydrogen (secondary N) is 2. The number of aromatic nitrogens is 5. The Morgan fingerprint density at radius 1 is 0.979 bits per heavy atom. The second kappa shape index (κ2) is 13.1. The third-order valence-corrected chi connectivity index (χ3v) is 10.0. The van der Waals surface area contributed by atoms with Crippen LogP contribution in [-0.4, -0.2) is 95.8 Å². The van der Waals surface area contributed by atoms with E-state index in [2.05, 4.69) is 30.4 Å². The van der Waals surface area contributed by atoms with Gasteiger partial charge in [0.15, 0.2) is 11.6 Å². The Labute approximate surface area is 283 Å². The second-order valence-corrected chi connectivity index (χ2v) is 13.3. The van der Waals surface area contributed by atoms with Gasteiger partial charge in [-0.1, -0.05) is 23.7 Å². The molecule has 0 radical (unpaired) electrons. The molecule has 3 N–H and O–H groups in total. The lowest BCUT2D eigenvalue weighted by atomic mass is 10.0. The predicted octanol–water partition coefficient (Wildman–Crippen LogP) is 3.18. The zero-order valence-corrected chi connectivity index (χ0v) is 28.3. The molecule has 0 aliphatic carbocycles. The summed E-state index contributed by atoms with van der Waals surface area (Å²) < 4.78 is 9.09. The number of pyridine rings is 1. The Balaban J connectivity index is 1.08. The molecule has 3 aromatic heterocycles. The van der Waals surface area contributed by atoms with Gasteiger partial charge in [0, 0.05) is 88.5 Å². The summed E-state index contributed by atoms with van der Waals surface area (Å²) in [5.74, 6) is -0.0240. The monoisotopic (exact) mass is 673 g/mol. The van der Waals surface area contributed by atoms with Crippen LogP contribution in [0.2, 0.25) is 5.02 Å². The molecule has 6 heterocycles. The number of fused-ring (bicyclic) bond motifs is 2. The first-order valence-corrected chi connectivity index (χ1v) is 16.6. The van der Waals surface area contributed by atoms with Gasteiger partial charge in [0.25, 0.3) is 11.8 Å². The van der Waals surface area contributed by atoms with Crippen LogP contribution in [0.3, 0.4) is 0 Å². The molecule has 1 aromatic carbocycles. The van der Waals surface area contributed by atoms with Crippen molar-refractivity contribution in [3.63, 3.8) is 0 Å². The molecule has 13 nitrogen and oxygen atoms in total. The number of halogens is 1. The maximum atomic E-state index is 13.5. The van der Waals surface area contributed by atoms with Gasteiger partial charge in [-0.15, -0.1) is 0 Å². The molecule has 3 aliphatic rings. The molecule has 0 bridgehead atoms. The number of aliphatic hydroxyl groups excluding tert-OH is 1. The zero-order chi connectivity index (χ0) is 33.7. The van der Waals surface area contributed by atoms with Crippen LogP contribution in [0, 0.1) is 6.92 Å². The molecule has 0 saturated carbocycles. The van der Waals surface area contributed by atoms with Crippen LogP contribution < -0.4 is 10.6 Å². The van der Waals surface area contributed by atoms with E-state index in [0.717, 1.165) is 67.5 Å². The van der Waals surface area contributed by atoms with E-state index in [4.69, 9.17) is 21.3 Å². The van der Waals surface area contributed by atoms with E-state index in [1.165, 1.54) is 0 Å². The van der Waals surface area contributed by atoms with Gasteiger partial charge < -0.3 is 29.6 Å². The number of amides is 2. The van der Waals surface area contributed by atoms with Crippen LogP contribution >= 0.6 is 11.6 Å². The second-order valence-electron chi connectivity index (χ2n) is 12.9. The number of nitrogens with zero attached hydrogens (tertiary/aromatic N) is 7. The summed E-state index contributed by atoms with van der Waals surface area (Å²) in [6.45, 7) is 8.69. The standard InChI is InChI=1S/C34H40ClN9O4/c1-19(45)14-43-12-9-27-25(15-43)37-31(41(27)3)33(46)39-23-7-5-6-22(20(23)2)30-29(35)24(8-11-36-30)40-34(47)32-38-26-16-44(21-17-48-18-21)13-10-28(26)42(32)4/h5-8,11,19,21,45H,9-10,12-18H2,1-4H3,(H,39,46)(H,36,40,47). The number of rotatable bonds is 8. The smallest absolute Gasteiger partial charge is 0.291 e. The third kappa shape index (κ3) is 6.01. The van der Waals surface area contributed by atoms with Crippen LogP contribution in [0.5, 0.6) is 0 Å². The number of carbonyl (C=O) groups excluding carboxylic acids is 2. The topological polar surface area (TPSA) is 143 Å². The van der Waals surface area contributed by atoms with Crippen molar-refractivity contribution in [2.45, 2.75) is 51.9 Å². The van der Waals surface area contributed by atoms with Crippen LogP contribution in [0.4, 0.5) is 11.4 Å². The minimum Gasteiger partial charge on any atom is -0.392 e. The van der Waals surface area contributed by atoms with Gasteiger partial charge in [-0.05, 0) is 31.5 Å². The quantitative estimate of drug-likeness (QED) is 0.257. The fourth-order valence-corrected chi connectivity index (χ4v) is 7.18. The highest BCUT2D eigenvalue weighted by atomic mass is 35.5. The fourth-order valence-electron chi connectivity index (χ4n) is 6.92. The molecule has 4 aromatic rings. The van der Waals surface area contributed by atoms with Crippen molar-refractivity contribution in [3.8, 4) is 11.3 Å². The van der Waals surface area contributed by atoms with Crippen LogP contribution in [0.15, 0.2) is 30.5 Å². The Bertz CT molecular complexity index is 1900. The van der Waals surface area contributed by atoms with Gasteiger partial charge in [0.1, 0.15) is 0 Å². The maximum Gasteiger partial charge on any atom is 0.291 e. The van der Waals surface area contributed by atoms with Crippen molar-refractivity contribution in [1.82, 2.24) is 33.9 Å². The van der Waals surface area contributed by atoms with E-state index >= 15 is 0 Å². The number of benzene rings is 1. The number of anilines is 2. The molecule has 0 spiro atoms. The molecule has 252 valence electrons. The number of imidazole rings is 2. The molecular formula is C34H40ClN9O4. The van der Waals surface area contributed by atoms with E-state index in [1.54, 1.807) is 19.2 Å². The first-order valence-electron chi connectivity index (χ1n) is 16.3. The summed E-state index contributed by atoms with van der Waals surface area (Å²) in [4.78, 5) is 45.5. The van der Waals surface area contributed by atoms with Crippen LogP contribution in [0.1, 0.15) is 56.5 Å². The molecule has 14 heteroatoms.